The predicted molar refractivity (Wildman–Crippen MR) is 65.1 cm³/mol. The number of hydrogen-bond acceptors (Lipinski definition) is 3. The van der Waals surface area contributed by atoms with Crippen LogP contribution >= 0.6 is 0 Å². The third kappa shape index (κ3) is 2.82. The van der Waals surface area contributed by atoms with Crippen molar-refractivity contribution in [2.75, 3.05) is 12.4 Å². The van der Waals surface area contributed by atoms with Gasteiger partial charge in [-0.15, -0.1) is 0 Å². The van der Waals surface area contributed by atoms with Crippen LogP contribution in [0.15, 0.2) is 42.6 Å². The fourth-order valence-electron chi connectivity index (χ4n) is 1.40. The highest BCUT2D eigenvalue weighted by atomic mass is 19.1. The number of nitrogens with one attached hydrogen (secondary N) is 1. The van der Waals surface area contributed by atoms with Crippen LogP contribution in [-0.2, 0) is 0 Å². The fraction of sp³-hybridized carbons (Fsp3) is 0.0769. The monoisotopic (exact) mass is 246 g/mol. The van der Waals surface area contributed by atoms with Crippen LogP contribution in [0.4, 0.5) is 10.1 Å². The summed E-state index contributed by atoms with van der Waals surface area (Å²) in [6.07, 6.45) is 1.26. The topological polar surface area (TPSA) is 51.2 Å². The summed E-state index contributed by atoms with van der Waals surface area (Å²) >= 11 is 0. The summed E-state index contributed by atoms with van der Waals surface area (Å²) in [5.41, 5.74) is 0.928. The predicted octanol–water partition coefficient (Wildman–Crippen LogP) is 2.48. The number of aromatic nitrogens is 1. The van der Waals surface area contributed by atoms with E-state index in [1.54, 1.807) is 31.4 Å². The number of hydrogen-bond donors (Lipinski definition) is 1. The van der Waals surface area contributed by atoms with Crippen LogP contribution in [0.25, 0.3) is 0 Å². The first-order valence-electron chi connectivity index (χ1n) is 5.26. The lowest BCUT2D eigenvalue weighted by Crippen LogP contribution is -2.11. The molecule has 1 heterocycles. The smallest absolute Gasteiger partial charge is 0.255 e. The molecule has 0 aliphatic heterocycles. The van der Waals surface area contributed by atoms with E-state index >= 15 is 0 Å². The molecule has 0 atom stereocenters. The normalized spacial score (nSPS) is 9.89. The first-order chi connectivity index (χ1) is 8.69. The molecule has 92 valence electrons. The molecule has 1 aromatic carbocycles. The molecular formula is C13H11FN2O2. The standard InChI is InChI=1S/C13H11FN2O2/c1-18-11-5-2-9(3-6-11)13(17)16-10-4-7-12(14)15-8-10/h2-8H,1H3,(H,16,17). The first kappa shape index (κ1) is 12.0. The molecule has 1 amide bonds. The highest BCUT2D eigenvalue weighted by Crippen LogP contribution is 2.13. The van der Waals surface area contributed by atoms with Crippen molar-refractivity contribution in [3.63, 3.8) is 0 Å². The molecule has 0 spiro atoms. The van der Waals surface area contributed by atoms with Crippen LogP contribution in [-0.4, -0.2) is 18.0 Å². The SMILES string of the molecule is COc1ccc(C(=O)Nc2ccc(F)nc2)cc1. The van der Waals surface area contributed by atoms with Crippen LogP contribution in [0.5, 0.6) is 5.75 Å². The zero-order valence-corrected chi connectivity index (χ0v) is 9.68. The molecule has 0 fully saturated rings. The molecule has 1 aromatic heterocycles. The number of amides is 1. The third-order valence-corrected chi connectivity index (χ3v) is 2.34. The van der Waals surface area contributed by atoms with Gasteiger partial charge in [0.05, 0.1) is 19.0 Å². The van der Waals surface area contributed by atoms with Crippen molar-refractivity contribution < 1.29 is 13.9 Å². The van der Waals surface area contributed by atoms with Crippen molar-refractivity contribution >= 4 is 11.6 Å². The van der Waals surface area contributed by atoms with Gasteiger partial charge in [0.25, 0.3) is 5.91 Å². The molecule has 0 bridgehead atoms. The van der Waals surface area contributed by atoms with E-state index in [4.69, 9.17) is 4.74 Å². The maximum absolute atomic E-state index is 12.6. The molecule has 0 saturated heterocycles. The van der Waals surface area contributed by atoms with E-state index < -0.39 is 5.95 Å². The van der Waals surface area contributed by atoms with Gasteiger partial charge in [-0.1, -0.05) is 0 Å². The number of nitrogens with zero attached hydrogens (tertiary/aromatic N) is 1. The Kier molecular flexibility index (Phi) is 3.52. The van der Waals surface area contributed by atoms with Crippen molar-refractivity contribution in [1.29, 1.82) is 0 Å². The number of benzene rings is 1. The summed E-state index contributed by atoms with van der Waals surface area (Å²) in [6, 6.07) is 9.30. The van der Waals surface area contributed by atoms with Crippen LogP contribution in [0, 0.1) is 5.95 Å². The highest BCUT2D eigenvalue weighted by molar-refractivity contribution is 6.04. The summed E-state index contributed by atoms with van der Waals surface area (Å²) in [5.74, 6) is -0.196. The number of rotatable bonds is 3. The van der Waals surface area contributed by atoms with Crippen molar-refractivity contribution in [3.8, 4) is 5.75 Å². The minimum Gasteiger partial charge on any atom is -0.497 e. The molecule has 0 aliphatic carbocycles. The highest BCUT2D eigenvalue weighted by Gasteiger charge is 2.06. The van der Waals surface area contributed by atoms with Gasteiger partial charge in [0, 0.05) is 5.56 Å². The van der Waals surface area contributed by atoms with Crippen LogP contribution in [0.2, 0.25) is 0 Å². The molecule has 2 rings (SSSR count). The van der Waals surface area contributed by atoms with E-state index in [9.17, 15) is 9.18 Å². The van der Waals surface area contributed by atoms with Crippen molar-refractivity contribution in [3.05, 3.63) is 54.1 Å². The molecule has 2 aromatic rings. The van der Waals surface area contributed by atoms with Gasteiger partial charge in [-0.2, -0.15) is 4.39 Å². The number of methoxy groups -OCH3 is 1. The summed E-state index contributed by atoms with van der Waals surface area (Å²) in [7, 11) is 1.55. The van der Waals surface area contributed by atoms with Gasteiger partial charge in [-0.05, 0) is 36.4 Å². The second-order valence-corrected chi connectivity index (χ2v) is 3.55. The van der Waals surface area contributed by atoms with Crippen LogP contribution < -0.4 is 10.1 Å². The number of carbonyl (C=O) groups excluding carboxylic acids is 1. The van der Waals surface area contributed by atoms with E-state index in [1.165, 1.54) is 18.3 Å². The zero-order chi connectivity index (χ0) is 13.0. The quantitative estimate of drug-likeness (QED) is 0.846. The lowest BCUT2D eigenvalue weighted by molar-refractivity contribution is 0.102. The molecule has 1 N–H and O–H groups in total. The molecule has 0 unspecified atom stereocenters. The second kappa shape index (κ2) is 5.27. The molecule has 5 heteroatoms. The lowest BCUT2D eigenvalue weighted by Gasteiger charge is -2.05. The van der Waals surface area contributed by atoms with E-state index in [1.807, 2.05) is 0 Å². The van der Waals surface area contributed by atoms with Crippen molar-refractivity contribution in [1.82, 2.24) is 4.98 Å². The Morgan fingerprint density at radius 1 is 1.22 bits per heavy atom. The van der Waals surface area contributed by atoms with Crippen LogP contribution in [0.3, 0.4) is 0 Å². The number of anilines is 1. The van der Waals surface area contributed by atoms with Gasteiger partial charge in [0.2, 0.25) is 5.95 Å². The summed E-state index contributed by atoms with van der Waals surface area (Å²) in [5, 5.41) is 2.61. The summed E-state index contributed by atoms with van der Waals surface area (Å²) < 4.78 is 17.6. The van der Waals surface area contributed by atoms with Crippen LogP contribution in [0.1, 0.15) is 10.4 Å². The number of ether oxygens (including phenoxy) is 1. The third-order valence-electron chi connectivity index (χ3n) is 2.34. The van der Waals surface area contributed by atoms with Gasteiger partial charge >= 0.3 is 0 Å². The Morgan fingerprint density at radius 3 is 2.50 bits per heavy atom. The van der Waals surface area contributed by atoms with Crippen molar-refractivity contribution in [2.45, 2.75) is 0 Å². The van der Waals surface area contributed by atoms with Gasteiger partial charge in [0.1, 0.15) is 5.75 Å². The minimum atomic E-state index is -0.586. The first-order valence-corrected chi connectivity index (χ1v) is 5.26. The molecule has 0 aliphatic rings. The average molecular weight is 246 g/mol. The Bertz CT molecular complexity index is 538. The second-order valence-electron chi connectivity index (χ2n) is 3.55. The van der Waals surface area contributed by atoms with E-state index in [0.717, 1.165) is 0 Å². The Morgan fingerprint density at radius 2 is 1.94 bits per heavy atom. The summed E-state index contributed by atoms with van der Waals surface area (Å²) in [6.45, 7) is 0. The van der Waals surface area contributed by atoms with E-state index in [-0.39, 0.29) is 5.91 Å². The molecule has 0 saturated carbocycles. The maximum atomic E-state index is 12.6. The minimum absolute atomic E-state index is 0.286. The Hall–Kier alpha value is -2.43. The fourth-order valence-corrected chi connectivity index (χ4v) is 1.40. The summed E-state index contributed by atoms with van der Waals surface area (Å²) in [4.78, 5) is 15.3. The molecule has 4 nitrogen and oxygen atoms in total. The molecule has 18 heavy (non-hydrogen) atoms. The molecular weight excluding hydrogens is 235 g/mol. The van der Waals surface area contributed by atoms with Gasteiger partial charge in [-0.25, -0.2) is 4.98 Å². The Labute approximate surface area is 103 Å². The average Bonchev–Trinajstić information content (AvgIpc) is 2.41. The van der Waals surface area contributed by atoms with Gasteiger partial charge in [-0.3, -0.25) is 4.79 Å². The lowest BCUT2D eigenvalue weighted by atomic mass is 10.2. The van der Waals surface area contributed by atoms with Gasteiger partial charge < -0.3 is 10.1 Å². The number of carbonyl (C=O) groups is 1. The Balaban J connectivity index is 2.09. The van der Waals surface area contributed by atoms with Gasteiger partial charge in [0.15, 0.2) is 0 Å². The number of halogens is 1. The largest absolute Gasteiger partial charge is 0.497 e. The van der Waals surface area contributed by atoms with E-state index in [0.29, 0.717) is 17.0 Å². The van der Waals surface area contributed by atoms with E-state index in [2.05, 4.69) is 10.3 Å². The zero-order valence-electron chi connectivity index (χ0n) is 9.68. The maximum Gasteiger partial charge on any atom is 0.255 e. The number of pyridine rings is 1. The van der Waals surface area contributed by atoms with Crippen molar-refractivity contribution in [2.24, 2.45) is 0 Å². The molecule has 0 radical (unpaired) electrons.